The van der Waals surface area contributed by atoms with Gasteiger partial charge in [0.25, 0.3) is 0 Å². The number of fused-ring (bicyclic) bond motifs is 2. The number of hydrogen-bond donors (Lipinski definition) is 4. The van der Waals surface area contributed by atoms with E-state index in [-0.39, 0.29) is 23.7 Å². The topological polar surface area (TPSA) is 210 Å². The van der Waals surface area contributed by atoms with Crippen molar-refractivity contribution >= 4 is 33.9 Å². The third-order valence-corrected chi connectivity index (χ3v) is 11.1. The highest BCUT2D eigenvalue weighted by molar-refractivity contribution is 5.92. The molecule has 0 fully saturated rings. The van der Waals surface area contributed by atoms with Gasteiger partial charge in [-0.3, -0.25) is 19.4 Å². The third-order valence-electron chi connectivity index (χ3n) is 11.1. The molecule has 0 saturated carbocycles. The molecule has 10 rings (SSSR count). The number of benzene rings is 2. The van der Waals surface area contributed by atoms with E-state index in [1.807, 2.05) is 95.5 Å². The van der Waals surface area contributed by atoms with Gasteiger partial charge in [-0.15, -0.1) is 10.2 Å². The van der Waals surface area contributed by atoms with E-state index < -0.39 is 11.7 Å². The van der Waals surface area contributed by atoms with Crippen LogP contribution in [0, 0.1) is 11.6 Å². The van der Waals surface area contributed by atoms with Crippen LogP contribution in [0.3, 0.4) is 0 Å². The molecule has 0 radical (unpaired) electrons. The summed E-state index contributed by atoms with van der Waals surface area (Å²) in [5, 5.41) is 17.8. The molecule has 0 unspecified atom stereocenters. The van der Waals surface area contributed by atoms with Gasteiger partial charge in [-0.25, -0.2) is 28.7 Å². The van der Waals surface area contributed by atoms with Crippen molar-refractivity contribution < 1.29 is 18.0 Å². The number of halogens is 2. The number of nitrogens with one attached hydrogen (secondary N) is 4. The van der Waals surface area contributed by atoms with Gasteiger partial charge in [0.15, 0.2) is 17.1 Å². The van der Waals surface area contributed by atoms with Gasteiger partial charge < -0.3 is 29.9 Å². The number of carbonyl (C=O) groups excluding carboxylic acids is 1. The highest BCUT2D eigenvalue weighted by Crippen LogP contribution is 2.32. The molecule has 4 N–H and O–H groups in total. The SMILES string of the molecule is CN(C)c1ccc(-c2nc3nccc(-c4ccc(CNC(=O)c5nnc(C(C)(C)C)o5)c(F)c4)c3[nH]2)nc1.Cn1cc(-c2nc3nccc(-c4ccc(CNCc5cccnc5)c(F)c4)c3[nH]2)cn1. The van der Waals surface area contributed by atoms with Gasteiger partial charge in [-0.2, -0.15) is 5.10 Å². The highest BCUT2D eigenvalue weighted by Gasteiger charge is 2.24. The van der Waals surface area contributed by atoms with Gasteiger partial charge in [0.2, 0.25) is 5.89 Å². The number of nitrogens with zero attached hydrogens (tertiary/aromatic N) is 11. The van der Waals surface area contributed by atoms with Crippen molar-refractivity contribution in [2.75, 3.05) is 19.0 Å². The molecule has 2 aromatic carbocycles. The second-order valence-electron chi connectivity index (χ2n) is 17.4. The number of hydrogen-bond acceptors (Lipinski definition) is 13. The van der Waals surface area contributed by atoms with Crippen LogP contribution in [0.1, 0.15) is 54.0 Å². The Morgan fingerprint density at radius 1 is 0.739 bits per heavy atom. The lowest BCUT2D eigenvalue weighted by atomic mass is 9.97. The molecule has 0 aliphatic carbocycles. The van der Waals surface area contributed by atoms with E-state index in [1.54, 1.807) is 66.1 Å². The van der Waals surface area contributed by atoms with Crippen LogP contribution in [0.25, 0.3) is 67.5 Å². The van der Waals surface area contributed by atoms with Crippen LogP contribution >= 0.6 is 0 Å². The molecular weight excluding hydrogens is 881 g/mol. The molecule has 10 aromatic rings. The second-order valence-corrected chi connectivity index (χ2v) is 17.4. The van der Waals surface area contributed by atoms with Gasteiger partial charge in [0.05, 0.1) is 34.7 Å². The number of aromatic nitrogens is 12. The number of aromatic amines is 2. The number of carbonyl (C=O) groups is 1. The van der Waals surface area contributed by atoms with Crippen molar-refractivity contribution in [3.63, 3.8) is 0 Å². The molecule has 0 saturated heterocycles. The summed E-state index contributed by atoms with van der Waals surface area (Å²) in [5.74, 6) is 0.157. The second kappa shape index (κ2) is 19.3. The molecule has 8 aromatic heterocycles. The van der Waals surface area contributed by atoms with Gasteiger partial charge in [-0.1, -0.05) is 51.1 Å². The van der Waals surface area contributed by atoms with Crippen LogP contribution in [0.15, 0.2) is 121 Å². The van der Waals surface area contributed by atoms with Gasteiger partial charge >= 0.3 is 11.8 Å². The normalized spacial score (nSPS) is 11.5. The average Bonchev–Trinajstić information content (AvgIpc) is 4.19. The van der Waals surface area contributed by atoms with E-state index in [1.165, 1.54) is 6.07 Å². The Kier molecular flexibility index (Phi) is 12.8. The van der Waals surface area contributed by atoms with Crippen molar-refractivity contribution in [1.29, 1.82) is 0 Å². The monoisotopic (exact) mass is 927 g/mol. The van der Waals surface area contributed by atoms with Crippen LogP contribution in [-0.4, -0.2) is 79.9 Å². The van der Waals surface area contributed by atoms with Crippen LogP contribution < -0.4 is 15.5 Å². The maximum atomic E-state index is 15.1. The maximum absolute atomic E-state index is 15.1. The summed E-state index contributed by atoms with van der Waals surface area (Å²) in [4.78, 5) is 47.4. The zero-order chi connectivity index (χ0) is 48.2. The molecule has 17 nitrogen and oxygen atoms in total. The number of aryl methyl sites for hydroxylation is 1. The number of rotatable bonds is 12. The average molecular weight is 928 g/mol. The summed E-state index contributed by atoms with van der Waals surface area (Å²) in [6.07, 6.45) is 12.2. The summed E-state index contributed by atoms with van der Waals surface area (Å²) < 4.78 is 37.1. The van der Waals surface area contributed by atoms with E-state index in [0.29, 0.717) is 69.8 Å². The Labute approximate surface area is 394 Å². The Hall–Kier alpha value is -8.58. The first-order chi connectivity index (χ1) is 33.3. The minimum Gasteiger partial charge on any atom is -0.416 e. The summed E-state index contributed by atoms with van der Waals surface area (Å²) in [6, 6.07) is 21.5. The van der Waals surface area contributed by atoms with Crippen LogP contribution in [0.5, 0.6) is 0 Å². The molecule has 1 amide bonds. The molecule has 0 atom stereocenters. The largest absolute Gasteiger partial charge is 0.416 e. The number of pyridine rings is 4. The fourth-order valence-corrected chi connectivity index (χ4v) is 7.33. The molecule has 69 heavy (non-hydrogen) atoms. The van der Waals surface area contributed by atoms with E-state index in [4.69, 9.17) is 4.42 Å². The predicted octanol–water partition coefficient (Wildman–Crippen LogP) is 8.35. The summed E-state index contributed by atoms with van der Waals surface area (Å²) in [5.41, 5.74) is 9.65. The maximum Gasteiger partial charge on any atom is 0.309 e. The molecule has 0 aliphatic rings. The van der Waals surface area contributed by atoms with Crippen molar-refractivity contribution in [2.45, 2.75) is 45.8 Å². The van der Waals surface area contributed by atoms with Gasteiger partial charge in [0, 0.05) is 99.4 Å². The van der Waals surface area contributed by atoms with Crippen molar-refractivity contribution in [2.24, 2.45) is 7.05 Å². The zero-order valence-corrected chi connectivity index (χ0v) is 38.6. The van der Waals surface area contributed by atoms with Gasteiger partial charge in [0.1, 0.15) is 23.2 Å². The fraction of sp³-hybridized carbons (Fsp3) is 0.200. The molecular formula is C50H47F2N15O2. The first kappa shape index (κ1) is 45.6. The number of amides is 1. The smallest absolute Gasteiger partial charge is 0.309 e. The van der Waals surface area contributed by atoms with Crippen molar-refractivity contribution in [3.05, 3.63) is 156 Å². The molecule has 19 heteroatoms. The van der Waals surface area contributed by atoms with E-state index >= 15 is 4.39 Å². The number of H-pyrrole nitrogens is 2. The fourth-order valence-electron chi connectivity index (χ4n) is 7.33. The standard InChI is InChI=1S/C27H27FN8O2.C23H20FN7/c1-27(2,3)26-35-34-25(38-26)24(37)31-13-16-7-6-15(12-19(16)28)18-10-11-29-23-21(18)32-22(33-23)20-9-8-17(14-30-20)36(4)5;1-31-14-18(13-28-31)22-29-21-19(6-8-27-23(21)30-22)16-4-5-17(20(24)9-16)12-26-11-15-3-2-7-25-10-15/h6-12,14H,13H2,1-5H3,(H,31,37)(H,29,32,33);2-10,13-14,26H,11-12H2,1H3,(H,27,29,30). The van der Waals surface area contributed by atoms with Crippen LogP contribution in [0.2, 0.25) is 0 Å². The van der Waals surface area contributed by atoms with E-state index in [2.05, 4.69) is 65.8 Å². The number of imidazole rings is 2. The Bertz CT molecular complexity index is 3410. The first-order valence-electron chi connectivity index (χ1n) is 21.9. The quantitative estimate of drug-likeness (QED) is 0.0909. The lowest BCUT2D eigenvalue weighted by Crippen LogP contribution is -2.23. The predicted molar refractivity (Wildman–Crippen MR) is 257 cm³/mol. The minimum atomic E-state index is -0.565. The number of anilines is 1. The Morgan fingerprint density at radius 2 is 1.41 bits per heavy atom. The summed E-state index contributed by atoms with van der Waals surface area (Å²) in [7, 11) is 5.75. The summed E-state index contributed by atoms with van der Waals surface area (Å²) >= 11 is 0. The van der Waals surface area contributed by atoms with Crippen molar-refractivity contribution in [1.82, 2.24) is 70.5 Å². The Morgan fingerprint density at radius 3 is 1.97 bits per heavy atom. The van der Waals surface area contributed by atoms with E-state index in [0.717, 1.165) is 39.0 Å². The highest BCUT2D eigenvalue weighted by atomic mass is 19.1. The zero-order valence-electron chi connectivity index (χ0n) is 38.6. The molecule has 0 bridgehead atoms. The van der Waals surface area contributed by atoms with E-state index in [9.17, 15) is 9.18 Å². The van der Waals surface area contributed by atoms with Crippen LogP contribution in [0.4, 0.5) is 14.5 Å². The molecule has 348 valence electrons. The minimum absolute atomic E-state index is 0.0350. The molecule has 0 aliphatic heterocycles. The molecule has 8 heterocycles. The Balaban J connectivity index is 0.000000175. The molecule has 0 spiro atoms. The van der Waals surface area contributed by atoms with Crippen molar-refractivity contribution in [3.8, 4) is 45.2 Å². The lowest BCUT2D eigenvalue weighted by Gasteiger charge is -2.11. The lowest BCUT2D eigenvalue weighted by molar-refractivity contribution is 0.0912. The van der Waals surface area contributed by atoms with Gasteiger partial charge in [-0.05, 0) is 59.2 Å². The third kappa shape index (κ3) is 10.2. The van der Waals surface area contributed by atoms with Crippen LogP contribution in [-0.2, 0) is 32.1 Å². The first-order valence-corrected chi connectivity index (χ1v) is 21.9. The summed E-state index contributed by atoms with van der Waals surface area (Å²) in [6.45, 7) is 6.73.